The molecule has 2 amide bonds. The molecule has 0 bridgehead atoms. The summed E-state index contributed by atoms with van der Waals surface area (Å²) in [5, 5.41) is 6.82. The molecule has 0 unspecified atom stereocenters. The van der Waals surface area contributed by atoms with Crippen molar-refractivity contribution in [2.75, 3.05) is 6.61 Å². The van der Waals surface area contributed by atoms with E-state index in [-0.39, 0.29) is 42.0 Å². The summed E-state index contributed by atoms with van der Waals surface area (Å²) in [6.07, 6.45) is -4.28. The van der Waals surface area contributed by atoms with Crippen LogP contribution in [0.25, 0.3) is 5.65 Å². The van der Waals surface area contributed by atoms with E-state index in [9.17, 15) is 22.8 Å². The molecule has 0 saturated heterocycles. The SMILES string of the molecule is CCOCc1nn2c(C(=O)NC3CC(OC(F)(F)F)C3)ccnc2c1C(N)=O. The molecule has 0 spiro atoms. The van der Waals surface area contributed by atoms with Gasteiger partial charge in [-0.25, -0.2) is 9.50 Å². The predicted molar refractivity (Wildman–Crippen MR) is 88.3 cm³/mol. The molecule has 0 aromatic carbocycles. The van der Waals surface area contributed by atoms with Crippen LogP contribution in [0.3, 0.4) is 0 Å². The first-order valence-electron chi connectivity index (χ1n) is 8.49. The average Bonchev–Trinajstić information content (AvgIpc) is 2.95. The summed E-state index contributed by atoms with van der Waals surface area (Å²) in [5.41, 5.74) is 5.86. The van der Waals surface area contributed by atoms with Gasteiger partial charge in [-0.1, -0.05) is 0 Å². The number of halogens is 3. The molecule has 12 heteroatoms. The van der Waals surface area contributed by atoms with E-state index in [1.54, 1.807) is 6.92 Å². The first kappa shape index (κ1) is 20.0. The summed E-state index contributed by atoms with van der Waals surface area (Å²) in [6, 6.07) is 0.921. The van der Waals surface area contributed by atoms with Crippen LogP contribution in [0.5, 0.6) is 0 Å². The molecule has 1 aliphatic carbocycles. The van der Waals surface area contributed by atoms with E-state index in [1.165, 1.54) is 16.8 Å². The van der Waals surface area contributed by atoms with Crippen molar-refractivity contribution in [1.29, 1.82) is 0 Å². The third kappa shape index (κ3) is 4.22. The van der Waals surface area contributed by atoms with Crippen LogP contribution in [0.1, 0.15) is 46.3 Å². The number of ether oxygens (including phenoxy) is 2. The monoisotopic (exact) mass is 401 g/mol. The van der Waals surface area contributed by atoms with Crippen LogP contribution >= 0.6 is 0 Å². The number of fused-ring (bicyclic) bond motifs is 1. The Balaban J connectivity index is 1.78. The molecule has 2 heterocycles. The summed E-state index contributed by atoms with van der Waals surface area (Å²) in [4.78, 5) is 28.4. The molecule has 3 N–H and O–H groups in total. The van der Waals surface area contributed by atoms with Crippen molar-refractivity contribution < 1.29 is 32.2 Å². The van der Waals surface area contributed by atoms with Gasteiger partial charge in [0, 0.05) is 18.8 Å². The van der Waals surface area contributed by atoms with E-state index in [2.05, 4.69) is 20.1 Å². The highest BCUT2D eigenvalue weighted by atomic mass is 19.4. The van der Waals surface area contributed by atoms with Crippen molar-refractivity contribution in [2.24, 2.45) is 5.73 Å². The lowest BCUT2D eigenvalue weighted by Crippen LogP contribution is -2.49. The van der Waals surface area contributed by atoms with Gasteiger partial charge >= 0.3 is 6.36 Å². The minimum atomic E-state index is -4.70. The minimum Gasteiger partial charge on any atom is -0.375 e. The Kier molecular flexibility index (Phi) is 5.52. The Hall–Kier alpha value is -2.73. The first-order valence-corrected chi connectivity index (χ1v) is 8.49. The van der Waals surface area contributed by atoms with E-state index in [0.717, 1.165) is 0 Å². The fourth-order valence-electron chi connectivity index (χ4n) is 2.94. The van der Waals surface area contributed by atoms with Gasteiger partial charge in [-0.15, -0.1) is 13.2 Å². The minimum absolute atomic E-state index is 0.0122. The second-order valence-electron chi connectivity index (χ2n) is 6.22. The van der Waals surface area contributed by atoms with Crippen LogP contribution in [-0.4, -0.2) is 51.5 Å². The van der Waals surface area contributed by atoms with Crippen LogP contribution in [0.15, 0.2) is 12.3 Å². The number of nitrogens with zero attached hydrogens (tertiary/aromatic N) is 3. The van der Waals surface area contributed by atoms with E-state index in [1.807, 2.05) is 0 Å². The Morgan fingerprint density at radius 2 is 2.11 bits per heavy atom. The molecule has 152 valence electrons. The molecule has 3 rings (SSSR count). The molecule has 28 heavy (non-hydrogen) atoms. The summed E-state index contributed by atoms with van der Waals surface area (Å²) in [5.74, 6) is -1.33. The number of hydrogen-bond acceptors (Lipinski definition) is 6. The lowest BCUT2D eigenvalue weighted by Gasteiger charge is -2.35. The van der Waals surface area contributed by atoms with E-state index < -0.39 is 30.3 Å². The number of aromatic nitrogens is 3. The highest BCUT2D eigenvalue weighted by Crippen LogP contribution is 2.30. The van der Waals surface area contributed by atoms with Crippen molar-refractivity contribution in [3.05, 3.63) is 29.2 Å². The van der Waals surface area contributed by atoms with Crippen molar-refractivity contribution >= 4 is 17.5 Å². The van der Waals surface area contributed by atoms with Crippen LogP contribution in [0.4, 0.5) is 13.2 Å². The Morgan fingerprint density at radius 3 is 2.71 bits per heavy atom. The molecule has 9 nitrogen and oxygen atoms in total. The highest BCUT2D eigenvalue weighted by Gasteiger charge is 2.40. The van der Waals surface area contributed by atoms with Crippen LogP contribution in [-0.2, 0) is 16.1 Å². The van der Waals surface area contributed by atoms with Gasteiger partial charge in [0.15, 0.2) is 5.65 Å². The summed E-state index contributed by atoms with van der Waals surface area (Å²) in [6.45, 7) is 2.17. The van der Waals surface area contributed by atoms with E-state index >= 15 is 0 Å². The van der Waals surface area contributed by atoms with Crippen molar-refractivity contribution in [3.8, 4) is 0 Å². The Morgan fingerprint density at radius 1 is 1.39 bits per heavy atom. The lowest BCUT2D eigenvalue weighted by atomic mass is 9.89. The van der Waals surface area contributed by atoms with E-state index in [0.29, 0.717) is 6.61 Å². The summed E-state index contributed by atoms with van der Waals surface area (Å²) >= 11 is 0. The zero-order chi connectivity index (χ0) is 20.5. The number of nitrogens with one attached hydrogen (secondary N) is 1. The van der Waals surface area contributed by atoms with Gasteiger partial charge in [-0.3, -0.25) is 14.3 Å². The maximum Gasteiger partial charge on any atom is 0.522 e. The molecular formula is C16H18F3N5O4. The van der Waals surface area contributed by atoms with Gasteiger partial charge in [0.1, 0.15) is 17.0 Å². The van der Waals surface area contributed by atoms with Crippen LogP contribution < -0.4 is 11.1 Å². The second kappa shape index (κ2) is 7.72. The molecule has 2 aromatic rings. The maximum atomic E-state index is 12.5. The quantitative estimate of drug-likeness (QED) is 0.718. The molecule has 0 radical (unpaired) electrons. The molecule has 0 aliphatic heterocycles. The fourth-order valence-corrected chi connectivity index (χ4v) is 2.94. The number of alkyl halides is 3. The number of nitrogens with two attached hydrogens (primary N) is 1. The molecule has 1 aliphatic rings. The average molecular weight is 401 g/mol. The third-order valence-electron chi connectivity index (χ3n) is 4.24. The molecule has 1 fully saturated rings. The predicted octanol–water partition coefficient (Wildman–Crippen LogP) is 1.16. The lowest BCUT2D eigenvalue weighted by molar-refractivity contribution is -0.351. The number of carbonyl (C=O) groups excluding carboxylic acids is 2. The van der Waals surface area contributed by atoms with Gasteiger partial charge in [-0.05, 0) is 25.8 Å². The van der Waals surface area contributed by atoms with Crippen molar-refractivity contribution in [1.82, 2.24) is 19.9 Å². The zero-order valence-electron chi connectivity index (χ0n) is 14.8. The Bertz CT molecular complexity index is 892. The Labute approximate surface area is 157 Å². The summed E-state index contributed by atoms with van der Waals surface area (Å²) < 4.78 is 46.9. The van der Waals surface area contributed by atoms with Gasteiger partial charge in [0.25, 0.3) is 11.8 Å². The number of primary amides is 1. The zero-order valence-corrected chi connectivity index (χ0v) is 14.8. The van der Waals surface area contributed by atoms with Gasteiger partial charge < -0.3 is 15.8 Å². The van der Waals surface area contributed by atoms with Gasteiger partial charge in [0.05, 0.1) is 12.7 Å². The van der Waals surface area contributed by atoms with Crippen LogP contribution in [0, 0.1) is 0 Å². The van der Waals surface area contributed by atoms with Crippen LogP contribution in [0.2, 0.25) is 0 Å². The first-order chi connectivity index (χ1) is 13.2. The smallest absolute Gasteiger partial charge is 0.375 e. The number of rotatable bonds is 7. The molecular weight excluding hydrogens is 383 g/mol. The molecule has 0 atom stereocenters. The van der Waals surface area contributed by atoms with Gasteiger partial charge in [-0.2, -0.15) is 5.10 Å². The van der Waals surface area contributed by atoms with Crippen molar-refractivity contribution in [2.45, 2.75) is 44.9 Å². The number of carbonyl (C=O) groups is 2. The number of hydrogen-bond donors (Lipinski definition) is 2. The standard InChI is InChI=1S/C16H18F3N5O4/c1-2-27-7-10-12(13(20)25)14-21-4-3-11(24(14)23-10)15(26)22-8-5-9(6-8)28-16(17,18)19/h3-4,8-9H,2,5-7H2,1H3,(H2,20,25)(H,22,26). The highest BCUT2D eigenvalue weighted by molar-refractivity contribution is 6.01. The van der Waals surface area contributed by atoms with E-state index in [4.69, 9.17) is 10.5 Å². The normalized spacial score (nSPS) is 19.4. The second-order valence-corrected chi connectivity index (χ2v) is 6.22. The maximum absolute atomic E-state index is 12.5. The largest absolute Gasteiger partial charge is 0.522 e. The molecule has 1 saturated carbocycles. The van der Waals surface area contributed by atoms with Crippen molar-refractivity contribution in [3.63, 3.8) is 0 Å². The number of amides is 2. The topological polar surface area (TPSA) is 121 Å². The van der Waals surface area contributed by atoms with Gasteiger partial charge in [0.2, 0.25) is 0 Å². The summed E-state index contributed by atoms with van der Waals surface area (Å²) in [7, 11) is 0. The molecule has 2 aromatic heterocycles. The fraction of sp³-hybridized carbons (Fsp3) is 0.500. The third-order valence-corrected chi connectivity index (χ3v) is 4.24.